The molecule has 1 amide bonds. The van der Waals surface area contributed by atoms with Gasteiger partial charge in [0, 0.05) is 82.0 Å². The maximum absolute atomic E-state index is 11.9. The largest absolute Gasteiger partial charge is 0.352 e. The second-order valence-corrected chi connectivity index (χ2v) is 9.44. The lowest BCUT2D eigenvalue weighted by molar-refractivity contribution is -0.121. The molecule has 3 heterocycles. The Balaban J connectivity index is 0.00000342. The van der Waals surface area contributed by atoms with Gasteiger partial charge in [0.15, 0.2) is 5.82 Å². The van der Waals surface area contributed by atoms with E-state index >= 15 is 0 Å². The minimum Gasteiger partial charge on any atom is -0.352 e. The van der Waals surface area contributed by atoms with E-state index in [-0.39, 0.29) is 18.3 Å². The Kier molecular flexibility index (Phi) is 9.23. The van der Waals surface area contributed by atoms with Crippen LogP contribution in [0, 0.1) is 12.8 Å². The van der Waals surface area contributed by atoms with Crippen LogP contribution in [0.4, 0.5) is 5.82 Å². The lowest BCUT2D eigenvalue weighted by Crippen LogP contribution is -2.46. The van der Waals surface area contributed by atoms with Gasteiger partial charge in [0.2, 0.25) is 5.91 Å². The van der Waals surface area contributed by atoms with Gasteiger partial charge in [-0.1, -0.05) is 38.1 Å². The molecule has 0 spiro atoms. The SMILES string of the molecule is Cc1c(CN2CCN(c3nccnc3-c3ccc(CNC(=O)CC(C)C)cc3)CC2)cnn1C.Cl. The number of aryl methyl sites for hydroxylation is 1. The highest BCUT2D eigenvalue weighted by atomic mass is 35.5. The molecule has 9 heteroatoms. The minimum absolute atomic E-state index is 0. The lowest BCUT2D eigenvalue weighted by atomic mass is 10.1. The number of carbonyl (C=O) groups is 1. The Morgan fingerprint density at radius 2 is 1.74 bits per heavy atom. The Morgan fingerprint density at radius 1 is 1.06 bits per heavy atom. The van der Waals surface area contributed by atoms with Crippen LogP contribution in [0.1, 0.15) is 37.1 Å². The van der Waals surface area contributed by atoms with Gasteiger partial charge < -0.3 is 10.2 Å². The molecular weight excluding hydrogens is 462 g/mol. The summed E-state index contributed by atoms with van der Waals surface area (Å²) in [6.45, 7) is 11.4. The van der Waals surface area contributed by atoms with E-state index < -0.39 is 0 Å². The first-order valence-corrected chi connectivity index (χ1v) is 12.0. The molecule has 1 aliphatic heterocycles. The van der Waals surface area contributed by atoms with E-state index in [1.54, 1.807) is 12.4 Å². The van der Waals surface area contributed by atoms with Gasteiger partial charge in [0.25, 0.3) is 0 Å². The van der Waals surface area contributed by atoms with E-state index in [4.69, 9.17) is 0 Å². The number of carbonyl (C=O) groups excluding carboxylic acids is 1. The van der Waals surface area contributed by atoms with Gasteiger partial charge in [-0.15, -0.1) is 12.4 Å². The molecular formula is C26H36ClN7O. The first-order valence-electron chi connectivity index (χ1n) is 12.0. The summed E-state index contributed by atoms with van der Waals surface area (Å²) in [5.41, 5.74) is 5.52. The number of nitrogens with one attached hydrogen (secondary N) is 1. The summed E-state index contributed by atoms with van der Waals surface area (Å²) in [6, 6.07) is 8.24. The number of hydrogen-bond donors (Lipinski definition) is 1. The zero-order valence-electron chi connectivity index (χ0n) is 21.1. The third-order valence-electron chi connectivity index (χ3n) is 6.39. The van der Waals surface area contributed by atoms with Crippen molar-refractivity contribution >= 4 is 24.1 Å². The third-order valence-corrected chi connectivity index (χ3v) is 6.39. The van der Waals surface area contributed by atoms with Crippen LogP contribution in [0.2, 0.25) is 0 Å². The maximum Gasteiger partial charge on any atom is 0.220 e. The molecule has 4 rings (SSSR count). The Hall–Kier alpha value is -2.97. The lowest BCUT2D eigenvalue weighted by Gasteiger charge is -2.35. The molecule has 0 unspecified atom stereocenters. The van der Waals surface area contributed by atoms with Crippen LogP contribution in [0.3, 0.4) is 0 Å². The molecule has 188 valence electrons. The fraction of sp³-hybridized carbons (Fsp3) is 0.462. The van der Waals surface area contributed by atoms with Gasteiger partial charge >= 0.3 is 0 Å². The first kappa shape index (κ1) is 26.6. The highest BCUT2D eigenvalue weighted by molar-refractivity contribution is 5.85. The van der Waals surface area contributed by atoms with Gasteiger partial charge in [-0.05, 0) is 18.4 Å². The second-order valence-electron chi connectivity index (χ2n) is 9.44. The van der Waals surface area contributed by atoms with Crippen molar-refractivity contribution in [3.8, 4) is 11.3 Å². The van der Waals surface area contributed by atoms with Crippen molar-refractivity contribution in [3.63, 3.8) is 0 Å². The topological polar surface area (TPSA) is 79.2 Å². The smallest absolute Gasteiger partial charge is 0.220 e. The maximum atomic E-state index is 11.9. The number of rotatable bonds is 8. The van der Waals surface area contributed by atoms with Crippen LogP contribution in [0.15, 0.2) is 42.9 Å². The van der Waals surface area contributed by atoms with Crippen molar-refractivity contribution in [2.75, 3.05) is 31.1 Å². The summed E-state index contributed by atoms with van der Waals surface area (Å²) in [5, 5.41) is 7.36. The highest BCUT2D eigenvalue weighted by Crippen LogP contribution is 2.28. The number of anilines is 1. The summed E-state index contributed by atoms with van der Waals surface area (Å²) in [6.07, 6.45) is 6.04. The van der Waals surface area contributed by atoms with Gasteiger partial charge in [-0.25, -0.2) is 4.98 Å². The minimum atomic E-state index is 0. The second kappa shape index (κ2) is 12.1. The summed E-state index contributed by atoms with van der Waals surface area (Å²) >= 11 is 0. The number of amides is 1. The molecule has 35 heavy (non-hydrogen) atoms. The number of aromatic nitrogens is 4. The fourth-order valence-corrected chi connectivity index (χ4v) is 4.25. The van der Waals surface area contributed by atoms with E-state index in [0.29, 0.717) is 18.9 Å². The summed E-state index contributed by atoms with van der Waals surface area (Å²) in [5.74, 6) is 1.38. The van der Waals surface area contributed by atoms with Crippen molar-refractivity contribution in [2.45, 2.75) is 40.3 Å². The average molecular weight is 498 g/mol. The molecule has 0 aliphatic carbocycles. The van der Waals surface area contributed by atoms with Crippen LogP contribution in [0.5, 0.6) is 0 Å². The molecule has 1 fully saturated rings. The average Bonchev–Trinajstić information content (AvgIpc) is 3.15. The predicted octanol–water partition coefficient (Wildman–Crippen LogP) is 3.59. The van der Waals surface area contributed by atoms with Crippen LogP contribution in [-0.4, -0.2) is 56.7 Å². The Bertz CT molecular complexity index is 1110. The Morgan fingerprint density at radius 3 is 2.37 bits per heavy atom. The molecule has 2 aromatic heterocycles. The molecule has 8 nitrogen and oxygen atoms in total. The van der Waals surface area contributed by atoms with Crippen molar-refractivity contribution in [1.82, 2.24) is 30.0 Å². The zero-order valence-corrected chi connectivity index (χ0v) is 21.9. The number of hydrogen-bond acceptors (Lipinski definition) is 6. The van der Waals surface area contributed by atoms with E-state index in [9.17, 15) is 4.79 Å². The number of halogens is 1. The van der Waals surface area contributed by atoms with Gasteiger partial charge in [0.05, 0.1) is 6.20 Å². The van der Waals surface area contributed by atoms with Crippen LogP contribution in [0.25, 0.3) is 11.3 Å². The number of nitrogens with zero attached hydrogens (tertiary/aromatic N) is 6. The predicted molar refractivity (Wildman–Crippen MR) is 141 cm³/mol. The van der Waals surface area contributed by atoms with E-state index in [1.807, 2.05) is 17.9 Å². The van der Waals surface area contributed by atoms with Crippen molar-refractivity contribution < 1.29 is 4.79 Å². The van der Waals surface area contributed by atoms with Crippen molar-refractivity contribution in [2.24, 2.45) is 13.0 Å². The molecule has 0 radical (unpaired) electrons. The van der Waals surface area contributed by atoms with Gasteiger partial charge in [-0.2, -0.15) is 5.10 Å². The molecule has 3 aromatic rings. The van der Waals surface area contributed by atoms with Crippen molar-refractivity contribution in [3.05, 3.63) is 59.7 Å². The Labute approximate surface area is 214 Å². The summed E-state index contributed by atoms with van der Waals surface area (Å²) in [7, 11) is 1.99. The molecule has 0 saturated carbocycles. The molecule has 1 N–H and O–H groups in total. The van der Waals surface area contributed by atoms with Gasteiger partial charge in [0.1, 0.15) is 5.69 Å². The van der Waals surface area contributed by atoms with Crippen molar-refractivity contribution in [1.29, 1.82) is 0 Å². The quantitative estimate of drug-likeness (QED) is 0.512. The highest BCUT2D eigenvalue weighted by Gasteiger charge is 2.22. The number of piperazine rings is 1. The summed E-state index contributed by atoms with van der Waals surface area (Å²) < 4.78 is 1.93. The third kappa shape index (κ3) is 6.80. The van der Waals surface area contributed by atoms with E-state index in [2.05, 4.69) is 75.2 Å². The monoisotopic (exact) mass is 497 g/mol. The van der Waals surface area contributed by atoms with Crippen LogP contribution >= 0.6 is 12.4 Å². The molecule has 1 aliphatic rings. The zero-order chi connectivity index (χ0) is 24.1. The van der Waals surface area contributed by atoms with Crippen LogP contribution < -0.4 is 10.2 Å². The van der Waals surface area contributed by atoms with Crippen LogP contribution in [-0.2, 0) is 24.9 Å². The standard InChI is InChI=1S/C26H35N7O.ClH/c1-19(2)15-24(34)29-16-21-5-7-22(8-6-21)25-26(28-10-9-27-25)33-13-11-32(12-14-33)18-23-17-30-31(4)20(23)3;/h5-10,17,19H,11-16,18H2,1-4H3,(H,29,34);1H. The molecule has 1 aromatic carbocycles. The first-order chi connectivity index (χ1) is 16.4. The van der Waals surface area contributed by atoms with E-state index in [0.717, 1.165) is 55.4 Å². The normalized spacial score (nSPS) is 14.1. The van der Waals surface area contributed by atoms with E-state index in [1.165, 1.54) is 11.3 Å². The molecule has 0 bridgehead atoms. The summed E-state index contributed by atoms with van der Waals surface area (Å²) in [4.78, 5) is 26.1. The molecule has 1 saturated heterocycles. The number of benzene rings is 1. The van der Waals surface area contributed by atoms with Gasteiger partial charge in [-0.3, -0.25) is 19.4 Å². The fourth-order valence-electron chi connectivity index (χ4n) is 4.25. The molecule has 0 atom stereocenters.